The Morgan fingerprint density at radius 2 is 1.95 bits per heavy atom. The molecule has 2 aromatic rings. The molecule has 0 atom stereocenters. The number of para-hydroxylation sites is 1. The van der Waals surface area contributed by atoms with Crippen LogP contribution in [0.25, 0.3) is 0 Å². The molecule has 0 unspecified atom stereocenters. The van der Waals surface area contributed by atoms with E-state index in [0.717, 1.165) is 4.90 Å². The van der Waals surface area contributed by atoms with Crippen molar-refractivity contribution >= 4 is 29.0 Å². The van der Waals surface area contributed by atoms with Crippen LogP contribution in [0.5, 0.6) is 0 Å². The van der Waals surface area contributed by atoms with Gasteiger partial charge in [-0.2, -0.15) is 0 Å². The summed E-state index contributed by atoms with van der Waals surface area (Å²) in [6, 6.07) is 13.0. The lowest BCUT2D eigenvalue weighted by Gasteiger charge is -2.09. The van der Waals surface area contributed by atoms with E-state index in [9.17, 15) is 14.9 Å². The fourth-order valence-corrected chi connectivity index (χ4v) is 2.26. The highest BCUT2D eigenvalue weighted by Crippen LogP contribution is 2.25. The quantitative estimate of drug-likeness (QED) is 0.530. The number of nitrogens with one attached hydrogen (secondary N) is 1. The van der Waals surface area contributed by atoms with Crippen molar-refractivity contribution < 1.29 is 9.72 Å². The number of benzene rings is 2. The first-order valence-electron chi connectivity index (χ1n) is 5.80. The minimum Gasteiger partial charge on any atom is -0.321 e. The smallest absolute Gasteiger partial charge is 0.270 e. The summed E-state index contributed by atoms with van der Waals surface area (Å²) in [4.78, 5) is 23.2. The molecule has 1 N–H and O–H groups in total. The number of amides is 1. The van der Waals surface area contributed by atoms with Gasteiger partial charge in [0.05, 0.1) is 10.6 Å². The maximum Gasteiger partial charge on any atom is 0.270 e. The summed E-state index contributed by atoms with van der Waals surface area (Å²) in [6.07, 6.45) is 1.92. The number of rotatable bonds is 4. The van der Waals surface area contributed by atoms with E-state index >= 15 is 0 Å². The molecule has 0 saturated carbocycles. The molecular formula is C14H12N2O3S. The molecule has 0 aliphatic rings. The van der Waals surface area contributed by atoms with Gasteiger partial charge in [0, 0.05) is 22.6 Å². The minimum absolute atomic E-state index is 0.101. The van der Waals surface area contributed by atoms with E-state index in [0.29, 0.717) is 5.69 Å². The number of nitro benzene ring substituents is 1. The molecule has 0 saturated heterocycles. The lowest BCUT2D eigenvalue weighted by Crippen LogP contribution is -2.12. The monoisotopic (exact) mass is 288 g/mol. The van der Waals surface area contributed by atoms with Gasteiger partial charge in [-0.15, -0.1) is 11.8 Å². The van der Waals surface area contributed by atoms with Gasteiger partial charge < -0.3 is 5.32 Å². The first-order chi connectivity index (χ1) is 9.61. The number of hydrogen-bond acceptors (Lipinski definition) is 4. The number of carbonyl (C=O) groups is 1. The zero-order valence-electron chi connectivity index (χ0n) is 10.7. The average Bonchev–Trinajstić information content (AvgIpc) is 2.48. The second kappa shape index (κ2) is 6.21. The Hall–Kier alpha value is -2.34. The third kappa shape index (κ3) is 3.16. The summed E-state index contributed by atoms with van der Waals surface area (Å²) in [5, 5.41) is 13.5. The Morgan fingerprint density at radius 1 is 1.20 bits per heavy atom. The number of non-ortho nitro benzene ring substituents is 1. The summed E-state index contributed by atoms with van der Waals surface area (Å²) in [6.45, 7) is 0. The van der Waals surface area contributed by atoms with E-state index < -0.39 is 4.92 Å². The molecule has 0 fully saturated rings. The molecule has 0 bridgehead atoms. The topological polar surface area (TPSA) is 72.2 Å². The lowest BCUT2D eigenvalue weighted by atomic mass is 10.2. The van der Waals surface area contributed by atoms with E-state index in [-0.39, 0.29) is 17.2 Å². The predicted molar refractivity (Wildman–Crippen MR) is 79.3 cm³/mol. The molecular weight excluding hydrogens is 276 g/mol. The van der Waals surface area contributed by atoms with E-state index in [1.54, 1.807) is 12.1 Å². The largest absolute Gasteiger partial charge is 0.321 e. The van der Waals surface area contributed by atoms with Crippen LogP contribution in [0.1, 0.15) is 10.4 Å². The van der Waals surface area contributed by atoms with Crippen LogP contribution in [0.3, 0.4) is 0 Å². The van der Waals surface area contributed by atoms with Gasteiger partial charge >= 0.3 is 0 Å². The highest BCUT2D eigenvalue weighted by atomic mass is 32.2. The summed E-state index contributed by atoms with van der Waals surface area (Å²) in [5.74, 6) is -0.366. The van der Waals surface area contributed by atoms with Gasteiger partial charge in [0.1, 0.15) is 0 Å². The lowest BCUT2D eigenvalue weighted by molar-refractivity contribution is -0.384. The summed E-state index contributed by atoms with van der Waals surface area (Å²) in [5.41, 5.74) is 0.849. The Labute approximate surface area is 120 Å². The summed E-state index contributed by atoms with van der Waals surface area (Å²) in [7, 11) is 0. The molecule has 0 aromatic heterocycles. The molecule has 5 nitrogen and oxygen atoms in total. The second-order valence-electron chi connectivity index (χ2n) is 3.96. The van der Waals surface area contributed by atoms with Crippen molar-refractivity contribution in [3.05, 3.63) is 64.2 Å². The number of hydrogen-bond donors (Lipinski definition) is 1. The Balaban J connectivity index is 2.24. The van der Waals surface area contributed by atoms with E-state index in [1.807, 2.05) is 24.5 Å². The molecule has 2 rings (SSSR count). The number of anilines is 1. The minimum atomic E-state index is -0.521. The van der Waals surface area contributed by atoms with E-state index in [1.165, 1.54) is 30.0 Å². The maximum atomic E-state index is 12.1. The van der Waals surface area contributed by atoms with Gasteiger partial charge in [0.15, 0.2) is 0 Å². The number of thioether (sulfide) groups is 1. The zero-order valence-corrected chi connectivity index (χ0v) is 11.5. The molecule has 0 radical (unpaired) electrons. The summed E-state index contributed by atoms with van der Waals surface area (Å²) >= 11 is 1.52. The Morgan fingerprint density at radius 3 is 2.65 bits per heavy atom. The van der Waals surface area contributed by atoms with Crippen LogP contribution >= 0.6 is 11.8 Å². The molecule has 0 spiro atoms. The van der Waals surface area contributed by atoms with Crippen molar-refractivity contribution in [2.45, 2.75) is 4.90 Å². The molecule has 102 valence electrons. The van der Waals surface area contributed by atoms with Crippen LogP contribution in [-0.4, -0.2) is 17.1 Å². The third-order valence-corrected chi connectivity index (χ3v) is 3.47. The van der Waals surface area contributed by atoms with Crippen LogP contribution < -0.4 is 5.32 Å². The van der Waals surface area contributed by atoms with Gasteiger partial charge in [-0.05, 0) is 24.5 Å². The number of nitrogens with zero attached hydrogens (tertiary/aromatic N) is 1. The van der Waals surface area contributed by atoms with E-state index in [2.05, 4.69) is 5.32 Å². The standard InChI is InChI=1S/C14H12N2O3S/c1-20-13-8-3-2-7-12(13)15-14(17)10-5-4-6-11(9-10)16(18)19/h2-9H,1H3,(H,15,17). The van der Waals surface area contributed by atoms with Crippen LogP contribution in [0, 0.1) is 10.1 Å². The molecule has 0 aliphatic carbocycles. The van der Waals surface area contributed by atoms with Gasteiger partial charge in [-0.25, -0.2) is 0 Å². The average molecular weight is 288 g/mol. The van der Waals surface area contributed by atoms with Crippen molar-refractivity contribution in [2.75, 3.05) is 11.6 Å². The fraction of sp³-hybridized carbons (Fsp3) is 0.0714. The number of carbonyl (C=O) groups excluding carboxylic acids is 1. The molecule has 0 heterocycles. The van der Waals surface area contributed by atoms with Crippen LogP contribution in [0.4, 0.5) is 11.4 Å². The summed E-state index contributed by atoms with van der Waals surface area (Å²) < 4.78 is 0. The SMILES string of the molecule is CSc1ccccc1NC(=O)c1cccc([N+](=O)[O-])c1. The van der Waals surface area contributed by atoms with Crippen molar-refractivity contribution in [1.29, 1.82) is 0 Å². The fourth-order valence-electron chi connectivity index (χ4n) is 1.70. The van der Waals surface area contributed by atoms with E-state index in [4.69, 9.17) is 0 Å². The number of nitro groups is 1. The molecule has 6 heteroatoms. The van der Waals surface area contributed by atoms with Crippen molar-refractivity contribution in [2.24, 2.45) is 0 Å². The maximum absolute atomic E-state index is 12.1. The Bertz CT molecular complexity index is 658. The zero-order chi connectivity index (χ0) is 14.5. The first kappa shape index (κ1) is 14.1. The predicted octanol–water partition coefficient (Wildman–Crippen LogP) is 3.57. The van der Waals surface area contributed by atoms with Gasteiger partial charge in [-0.1, -0.05) is 18.2 Å². The molecule has 20 heavy (non-hydrogen) atoms. The normalized spacial score (nSPS) is 10.1. The van der Waals surface area contributed by atoms with Gasteiger partial charge in [0.25, 0.3) is 11.6 Å². The third-order valence-electron chi connectivity index (χ3n) is 2.67. The van der Waals surface area contributed by atoms with Crippen LogP contribution in [-0.2, 0) is 0 Å². The Kier molecular flexibility index (Phi) is 4.37. The van der Waals surface area contributed by atoms with Crippen molar-refractivity contribution in [3.63, 3.8) is 0 Å². The highest BCUT2D eigenvalue weighted by Gasteiger charge is 2.12. The molecule has 1 amide bonds. The first-order valence-corrected chi connectivity index (χ1v) is 7.03. The second-order valence-corrected chi connectivity index (χ2v) is 4.81. The van der Waals surface area contributed by atoms with Crippen LogP contribution in [0.15, 0.2) is 53.4 Å². The molecule has 0 aliphatic heterocycles. The van der Waals surface area contributed by atoms with Crippen molar-refractivity contribution in [3.8, 4) is 0 Å². The van der Waals surface area contributed by atoms with Crippen LogP contribution in [0.2, 0.25) is 0 Å². The van der Waals surface area contributed by atoms with Gasteiger partial charge in [-0.3, -0.25) is 14.9 Å². The van der Waals surface area contributed by atoms with Crippen molar-refractivity contribution in [1.82, 2.24) is 0 Å². The highest BCUT2D eigenvalue weighted by molar-refractivity contribution is 7.98. The van der Waals surface area contributed by atoms with Gasteiger partial charge in [0.2, 0.25) is 0 Å². The molecule has 2 aromatic carbocycles.